The molecule has 0 saturated heterocycles. The smallest absolute Gasteiger partial charge is 0.0587 e. The molecule has 0 spiro atoms. The van der Waals surface area contributed by atoms with Gasteiger partial charge in [-0.2, -0.15) is 0 Å². The van der Waals surface area contributed by atoms with Crippen molar-refractivity contribution < 1.29 is 4.74 Å². The Morgan fingerprint density at radius 3 is 2.29 bits per heavy atom. The average molecular weight is 235 g/mol. The number of ether oxygens (including phenoxy) is 1. The lowest BCUT2D eigenvalue weighted by molar-refractivity contribution is 0.199. The van der Waals surface area contributed by atoms with Crippen molar-refractivity contribution in [3.63, 3.8) is 0 Å². The fourth-order valence-corrected chi connectivity index (χ4v) is 1.85. The summed E-state index contributed by atoms with van der Waals surface area (Å²) < 4.78 is 4.98. The van der Waals surface area contributed by atoms with Gasteiger partial charge in [0.1, 0.15) is 0 Å². The Hall–Kier alpha value is -0.860. The van der Waals surface area contributed by atoms with Crippen molar-refractivity contribution in [1.82, 2.24) is 5.32 Å². The van der Waals surface area contributed by atoms with Gasteiger partial charge in [-0.25, -0.2) is 0 Å². The SMILES string of the molecule is COCCNCCc1ccc(CC(C)C)cc1. The van der Waals surface area contributed by atoms with Crippen LogP contribution in [0.25, 0.3) is 0 Å². The van der Waals surface area contributed by atoms with Crippen molar-refractivity contribution in [2.45, 2.75) is 26.7 Å². The maximum atomic E-state index is 4.98. The molecular weight excluding hydrogens is 210 g/mol. The van der Waals surface area contributed by atoms with E-state index in [0.717, 1.165) is 32.0 Å². The maximum Gasteiger partial charge on any atom is 0.0587 e. The lowest BCUT2D eigenvalue weighted by Gasteiger charge is -2.07. The summed E-state index contributed by atoms with van der Waals surface area (Å²) in [4.78, 5) is 0. The molecule has 0 fully saturated rings. The molecule has 2 nitrogen and oxygen atoms in total. The molecule has 17 heavy (non-hydrogen) atoms. The Bertz CT molecular complexity index is 292. The number of rotatable bonds is 8. The fourth-order valence-electron chi connectivity index (χ4n) is 1.85. The number of hydrogen-bond acceptors (Lipinski definition) is 2. The minimum Gasteiger partial charge on any atom is -0.383 e. The Morgan fingerprint density at radius 1 is 1.06 bits per heavy atom. The zero-order valence-corrected chi connectivity index (χ0v) is 11.3. The summed E-state index contributed by atoms with van der Waals surface area (Å²) in [5.74, 6) is 0.733. The minimum absolute atomic E-state index is 0.733. The monoisotopic (exact) mass is 235 g/mol. The van der Waals surface area contributed by atoms with Crippen LogP contribution in [0, 0.1) is 5.92 Å². The van der Waals surface area contributed by atoms with Gasteiger partial charge in [0.05, 0.1) is 6.61 Å². The third-order valence-corrected chi connectivity index (χ3v) is 2.74. The first-order chi connectivity index (χ1) is 8.22. The molecule has 0 heterocycles. The third-order valence-electron chi connectivity index (χ3n) is 2.74. The Labute approximate surface area is 105 Å². The molecule has 96 valence electrons. The van der Waals surface area contributed by atoms with Gasteiger partial charge in [-0.05, 0) is 36.4 Å². The van der Waals surface area contributed by atoms with Crippen LogP contribution < -0.4 is 5.32 Å². The van der Waals surface area contributed by atoms with Crippen LogP contribution in [-0.2, 0) is 17.6 Å². The topological polar surface area (TPSA) is 21.3 Å². The lowest BCUT2D eigenvalue weighted by atomic mass is 10.0. The first kappa shape index (κ1) is 14.2. The Kier molecular flexibility index (Phi) is 6.90. The second-order valence-electron chi connectivity index (χ2n) is 4.91. The van der Waals surface area contributed by atoms with Crippen molar-refractivity contribution in [2.75, 3.05) is 26.8 Å². The van der Waals surface area contributed by atoms with E-state index >= 15 is 0 Å². The summed E-state index contributed by atoms with van der Waals surface area (Å²) >= 11 is 0. The predicted molar refractivity (Wildman–Crippen MR) is 73.4 cm³/mol. The van der Waals surface area contributed by atoms with Gasteiger partial charge in [0.25, 0.3) is 0 Å². The molecule has 0 atom stereocenters. The van der Waals surface area contributed by atoms with E-state index < -0.39 is 0 Å². The van der Waals surface area contributed by atoms with Crippen LogP contribution in [-0.4, -0.2) is 26.8 Å². The van der Waals surface area contributed by atoms with E-state index in [1.807, 2.05) is 0 Å². The standard InChI is InChI=1S/C15H25NO/c1-13(2)12-15-6-4-14(5-7-15)8-9-16-10-11-17-3/h4-7,13,16H,8-12H2,1-3H3. The van der Waals surface area contributed by atoms with Crippen LogP contribution in [0.5, 0.6) is 0 Å². The average Bonchev–Trinajstić information content (AvgIpc) is 2.30. The molecule has 0 aliphatic heterocycles. The summed E-state index contributed by atoms with van der Waals surface area (Å²) in [6.07, 6.45) is 2.26. The molecule has 1 rings (SSSR count). The van der Waals surface area contributed by atoms with E-state index in [2.05, 4.69) is 43.4 Å². The molecule has 2 heteroatoms. The molecule has 1 N–H and O–H groups in total. The molecule has 0 aliphatic rings. The van der Waals surface area contributed by atoms with Crippen molar-refractivity contribution >= 4 is 0 Å². The van der Waals surface area contributed by atoms with E-state index in [0.29, 0.717) is 0 Å². The van der Waals surface area contributed by atoms with Crippen LogP contribution in [0.3, 0.4) is 0 Å². The summed E-state index contributed by atoms with van der Waals surface area (Å²) in [5.41, 5.74) is 2.85. The Balaban J connectivity index is 2.25. The van der Waals surface area contributed by atoms with Crippen LogP contribution in [0.2, 0.25) is 0 Å². The van der Waals surface area contributed by atoms with Crippen LogP contribution in [0.4, 0.5) is 0 Å². The molecule has 0 radical (unpaired) electrons. The van der Waals surface area contributed by atoms with Crippen LogP contribution in [0.1, 0.15) is 25.0 Å². The van der Waals surface area contributed by atoms with E-state index in [9.17, 15) is 0 Å². The molecule has 1 aromatic carbocycles. The van der Waals surface area contributed by atoms with Crippen molar-refractivity contribution in [3.8, 4) is 0 Å². The zero-order valence-electron chi connectivity index (χ0n) is 11.3. The Morgan fingerprint density at radius 2 is 1.71 bits per heavy atom. The van der Waals surface area contributed by atoms with E-state index in [4.69, 9.17) is 4.74 Å². The highest BCUT2D eigenvalue weighted by molar-refractivity contribution is 5.23. The van der Waals surface area contributed by atoms with E-state index in [-0.39, 0.29) is 0 Å². The van der Waals surface area contributed by atoms with Gasteiger partial charge in [0.2, 0.25) is 0 Å². The van der Waals surface area contributed by atoms with E-state index in [1.54, 1.807) is 7.11 Å². The van der Waals surface area contributed by atoms with Crippen molar-refractivity contribution in [1.29, 1.82) is 0 Å². The molecular formula is C15H25NO. The summed E-state index contributed by atoms with van der Waals surface area (Å²) in [6, 6.07) is 9.00. The van der Waals surface area contributed by atoms with Crippen LogP contribution >= 0.6 is 0 Å². The third kappa shape index (κ3) is 6.44. The van der Waals surface area contributed by atoms with Gasteiger partial charge in [-0.3, -0.25) is 0 Å². The predicted octanol–water partition coefficient (Wildman–Crippen LogP) is 2.66. The molecule has 0 saturated carbocycles. The fraction of sp³-hybridized carbons (Fsp3) is 0.600. The molecule has 0 amide bonds. The highest BCUT2D eigenvalue weighted by Crippen LogP contribution is 2.09. The summed E-state index contributed by atoms with van der Waals surface area (Å²) in [7, 11) is 1.73. The van der Waals surface area contributed by atoms with E-state index in [1.165, 1.54) is 17.5 Å². The second-order valence-corrected chi connectivity index (χ2v) is 4.91. The molecule has 1 aromatic rings. The number of benzene rings is 1. The normalized spacial score (nSPS) is 11.1. The first-order valence-electron chi connectivity index (χ1n) is 6.50. The highest BCUT2D eigenvalue weighted by atomic mass is 16.5. The van der Waals surface area contributed by atoms with Crippen LogP contribution in [0.15, 0.2) is 24.3 Å². The van der Waals surface area contributed by atoms with Crippen molar-refractivity contribution in [3.05, 3.63) is 35.4 Å². The van der Waals surface area contributed by atoms with Gasteiger partial charge < -0.3 is 10.1 Å². The van der Waals surface area contributed by atoms with Crippen molar-refractivity contribution in [2.24, 2.45) is 5.92 Å². The van der Waals surface area contributed by atoms with Gasteiger partial charge in [-0.1, -0.05) is 38.1 Å². The molecule has 0 aliphatic carbocycles. The number of methoxy groups -OCH3 is 1. The van der Waals surface area contributed by atoms with Gasteiger partial charge in [-0.15, -0.1) is 0 Å². The van der Waals surface area contributed by atoms with Gasteiger partial charge in [0, 0.05) is 13.7 Å². The lowest BCUT2D eigenvalue weighted by Crippen LogP contribution is -2.21. The highest BCUT2D eigenvalue weighted by Gasteiger charge is 1.98. The summed E-state index contributed by atoms with van der Waals surface area (Å²) in [6.45, 7) is 7.25. The summed E-state index contributed by atoms with van der Waals surface area (Å²) in [5, 5.41) is 3.36. The molecule has 0 aromatic heterocycles. The largest absolute Gasteiger partial charge is 0.383 e. The first-order valence-corrected chi connectivity index (χ1v) is 6.50. The second kappa shape index (κ2) is 8.26. The number of hydrogen-bond donors (Lipinski definition) is 1. The number of nitrogens with one attached hydrogen (secondary N) is 1. The molecule has 0 unspecified atom stereocenters. The quantitative estimate of drug-likeness (QED) is 0.699. The van der Waals surface area contributed by atoms with Gasteiger partial charge in [0.15, 0.2) is 0 Å². The minimum atomic E-state index is 0.733. The molecule has 0 bridgehead atoms. The van der Waals surface area contributed by atoms with Gasteiger partial charge >= 0.3 is 0 Å². The maximum absolute atomic E-state index is 4.98. The zero-order chi connectivity index (χ0) is 12.5.